The number of nitro groups is 1. The van der Waals surface area contributed by atoms with Crippen LogP contribution >= 0.6 is 0 Å². The molecule has 3 rings (SSSR count). The number of fused-ring (bicyclic) bond motifs is 1. The van der Waals surface area contributed by atoms with Crippen LogP contribution in [-0.2, 0) is 4.74 Å². The molecule has 0 radical (unpaired) electrons. The molecule has 0 aliphatic rings. The molecule has 1 heterocycles. The number of ether oxygens (including phenoxy) is 1. The van der Waals surface area contributed by atoms with E-state index in [9.17, 15) is 14.9 Å². The average molecular weight is 336 g/mol. The molecule has 0 saturated heterocycles. The van der Waals surface area contributed by atoms with E-state index in [0.717, 1.165) is 5.56 Å². The molecular formula is C19H16N2O4. The minimum absolute atomic E-state index is 0.0508. The summed E-state index contributed by atoms with van der Waals surface area (Å²) in [5, 5.41) is 11.7. The van der Waals surface area contributed by atoms with Crippen LogP contribution in [0.15, 0.2) is 48.5 Å². The highest BCUT2D eigenvalue weighted by molar-refractivity contribution is 6.08. The lowest BCUT2D eigenvalue weighted by Gasteiger charge is -2.14. The fourth-order valence-corrected chi connectivity index (χ4v) is 2.85. The molecule has 0 bridgehead atoms. The summed E-state index contributed by atoms with van der Waals surface area (Å²) in [7, 11) is 0. The van der Waals surface area contributed by atoms with Crippen molar-refractivity contribution in [3.8, 4) is 11.1 Å². The van der Waals surface area contributed by atoms with Gasteiger partial charge in [-0.2, -0.15) is 0 Å². The molecular weight excluding hydrogens is 320 g/mol. The molecule has 0 N–H and O–H groups in total. The fraction of sp³-hybridized carbons (Fsp3) is 0.158. The van der Waals surface area contributed by atoms with Crippen LogP contribution in [-0.4, -0.2) is 22.5 Å². The molecule has 3 aromatic rings. The Hall–Kier alpha value is -3.28. The van der Waals surface area contributed by atoms with Crippen LogP contribution in [0.3, 0.4) is 0 Å². The molecule has 0 fully saturated rings. The van der Waals surface area contributed by atoms with Gasteiger partial charge < -0.3 is 4.74 Å². The zero-order chi connectivity index (χ0) is 18.0. The summed E-state index contributed by atoms with van der Waals surface area (Å²) in [6.45, 7) is 3.70. The molecule has 0 atom stereocenters. The Morgan fingerprint density at radius 3 is 2.56 bits per heavy atom. The van der Waals surface area contributed by atoms with E-state index in [1.165, 1.54) is 12.1 Å². The Labute approximate surface area is 144 Å². The van der Waals surface area contributed by atoms with E-state index in [0.29, 0.717) is 27.7 Å². The highest BCUT2D eigenvalue weighted by Crippen LogP contribution is 2.35. The summed E-state index contributed by atoms with van der Waals surface area (Å²) < 4.78 is 5.18. The topological polar surface area (TPSA) is 82.3 Å². The number of hydrogen-bond acceptors (Lipinski definition) is 5. The maximum absolute atomic E-state index is 12.5. The van der Waals surface area contributed by atoms with Gasteiger partial charge >= 0.3 is 5.97 Å². The quantitative estimate of drug-likeness (QED) is 0.403. The number of nitrogens with zero attached hydrogens (tertiary/aromatic N) is 2. The van der Waals surface area contributed by atoms with E-state index in [1.807, 2.05) is 30.3 Å². The van der Waals surface area contributed by atoms with Gasteiger partial charge in [-0.1, -0.05) is 30.3 Å². The first-order valence-corrected chi connectivity index (χ1v) is 7.84. The third-order valence-corrected chi connectivity index (χ3v) is 3.90. The second-order valence-electron chi connectivity index (χ2n) is 5.49. The van der Waals surface area contributed by atoms with Crippen molar-refractivity contribution in [2.24, 2.45) is 0 Å². The number of non-ortho nitro benzene ring substituents is 1. The Kier molecular flexibility index (Phi) is 4.43. The summed E-state index contributed by atoms with van der Waals surface area (Å²) in [4.78, 5) is 27.7. The van der Waals surface area contributed by atoms with Crippen molar-refractivity contribution in [3.05, 3.63) is 69.9 Å². The van der Waals surface area contributed by atoms with Crippen LogP contribution < -0.4 is 0 Å². The molecule has 0 aliphatic heterocycles. The zero-order valence-electron chi connectivity index (χ0n) is 13.9. The monoisotopic (exact) mass is 336 g/mol. The lowest BCUT2D eigenvalue weighted by atomic mass is 9.94. The van der Waals surface area contributed by atoms with Crippen molar-refractivity contribution in [1.82, 2.24) is 4.98 Å². The first-order valence-electron chi connectivity index (χ1n) is 7.84. The Morgan fingerprint density at radius 1 is 1.20 bits per heavy atom. The largest absolute Gasteiger partial charge is 0.462 e. The summed E-state index contributed by atoms with van der Waals surface area (Å²) >= 11 is 0. The fourth-order valence-electron chi connectivity index (χ4n) is 2.85. The molecule has 0 aliphatic carbocycles. The highest BCUT2D eigenvalue weighted by atomic mass is 16.6. The molecule has 0 unspecified atom stereocenters. The van der Waals surface area contributed by atoms with Gasteiger partial charge in [-0.25, -0.2) is 4.79 Å². The van der Waals surface area contributed by atoms with E-state index >= 15 is 0 Å². The van der Waals surface area contributed by atoms with Crippen molar-refractivity contribution < 1.29 is 14.5 Å². The summed E-state index contributed by atoms with van der Waals surface area (Å²) in [6, 6.07) is 13.7. The van der Waals surface area contributed by atoms with E-state index in [2.05, 4.69) is 4.98 Å². The molecule has 0 saturated carbocycles. The third-order valence-electron chi connectivity index (χ3n) is 3.90. The van der Waals surface area contributed by atoms with Crippen LogP contribution in [0.2, 0.25) is 0 Å². The Bertz CT molecular complexity index is 968. The van der Waals surface area contributed by atoms with Crippen LogP contribution in [0, 0.1) is 17.0 Å². The number of pyridine rings is 1. The second-order valence-corrected chi connectivity index (χ2v) is 5.49. The standard InChI is InChI=1S/C19H16N2O4/c1-3-25-19(22)17-12(2)20-16-10-9-14(21(23)24)11-15(16)18(17)13-7-5-4-6-8-13/h4-11H,3H2,1-2H3. The van der Waals surface area contributed by atoms with Crippen molar-refractivity contribution in [1.29, 1.82) is 0 Å². The SMILES string of the molecule is CCOC(=O)c1c(C)nc2ccc([N+](=O)[O-])cc2c1-c1ccccc1. The van der Waals surface area contributed by atoms with Gasteiger partial charge in [0.15, 0.2) is 0 Å². The lowest BCUT2D eigenvalue weighted by molar-refractivity contribution is -0.384. The zero-order valence-corrected chi connectivity index (χ0v) is 13.9. The predicted molar refractivity (Wildman–Crippen MR) is 94.5 cm³/mol. The van der Waals surface area contributed by atoms with E-state index < -0.39 is 10.9 Å². The van der Waals surface area contributed by atoms with Gasteiger partial charge in [-0.3, -0.25) is 15.1 Å². The maximum atomic E-state index is 12.5. The van der Waals surface area contributed by atoms with Crippen LogP contribution in [0.1, 0.15) is 23.0 Å². The van der Waals surface area contributed by atoms with E-state index in [1.54, 1.807) is 19.9 Å². The summed E-state index contributed by atoms with van der Waals surface area (Å²) in [5.41, 5.74) is 2.78. The molecule has 6 nitrogen and oxygen atoms in total. The first-order chi connectivity index (χ1) is 12.0. The number of hydrogen-bond donors (Lipinski definition) is 0. The van der Waals surface area contributed by atoms with Gasteiger partial charge in [0.25, 0.3) is 5.69 Å². The van der Waals surface area contributed by atoms with Crippen LogP contribution in [0.25, 0.3) is 22.0 Å². The minimum Gasteiger partial charge on any atom is -0.462 e. The first kappa shape index (κ1) is 16.6. The number of aryl methyl sites for hydroxylation is 1. The van der Waals surface area contributed by atoms with Crippen molar-refractivity contribution >= 4 is 22.6 Å². The molecule has 1 aromatic heterocycles. The van der Waals surface area contributed by atoms with Gasteiger partial charge in [-0.05, 0) is 25.5 Å². The molecule has 25 heavy (non-hydrogen) atoms. The normalized spacial score (nSPS) is 10.6. The number of nitro benzene ring substituents is 1. The van der Waals surface area contributed by atoms with Crippen LogP contribution in [0.4, 0.5) is 5.69 Å². The minimum atomic E-state index is -0.486. The van der Waals surface area contributed by atoms with E-state index in [4.69, 9.17) is 4.74 Å². The van der Waals surface area contributed by atoms with Gasteiger partial charge in [0, 0.05) is 23.1 Å². The Morgan fingerprint density at radius 2 is 1.92 bits per heavy atom. The average Bonchev–Trinajstić information content (AvgIpc) is 2.61. The number of carbonyl (C=O) groups excluding carboxylic acids is 1. The molecule has 0 spiro atoms. The molecule has 2 aromatic carbocycles. The maximum Gasteiger partial charge on any atom is 0.340 e. The van der Waals surface area contributed by atoms with Gasteiger partial charge in [0.1, 0.15) is 0 Å². The number of aromatic nitrogens is 1. The van der Waals surface area contributed by atoms with E-state index in [-0.39, 0.29) is 12.3 Å². The number of benzene rings is 2. The van der Waals surface area contributed by atoms with Crippen LogP contribution in [0.5, 0.6) is 0 Å². The molecule has 0 amide bonds. The second kappa shape index (κ2) is 6.68. The van der Waals surface area contributed by atoms with Crippen molar-refractivity contribution in [3.63, 3.8) is 0 Å². The number of esters is 1. The van der Waals surface area contributed by atoms with Crippen molar-refractivity contribution in [2.45, 2.75) is 13.8 Å². The number of carbonyl (C=O) groups is 1. The van der Waals surface area contributed by atoms with Gasteiger partial charge in [0.2, 0.25) is 0 Å². The smallest absolute Gasteiger partial charge is 0.340 e. The lowest BCUT2D eigenvalue weighted by Crippen LogP contribution is -2.10. The number of rotatable bonds is 4. The summed E-state index contributed by atoms with van der Waals surface area (Å²) in [5.74, 6) is -0.486. The highest BCUT2D eigenvalue weighted by Gasteiger charge is 2.22. The summed E-state index contributed by atoms with van der Waals surface area (Å²) in [6.07, 6.45) is 0. The predicted octanol–water partition coefficient (Wildman–Crippen LogP) is 4.30. The Balaban J connectivity index is 2.42. The third kappa shape index (κ3) is 3.06. The molecule has 6 heteroatoms. The molecule has 126 valence electrons. The van der Waals surface area contributed by atoms with Gasteiger partial charge in [0.05, 0.1) is 28.3 Å². The van der Waals surface area contributed by atoms with Crippen molar-refractivity contribution in [2.75, 3.05) is 6.61 Å². The van der Waals surface area contributed by atoms with Gasteiger partial charge in [-0.15, -0.1) is 0 Å².